The highest BCUT2D eigenvalue weighted by Gasteiger charge is 2.39. The first-order chi connectivity index (χ1) is 9.31. The van der Waals surface area contributed by atoms with Gasteiger partial charge in [-0.25, -0.2) is 0 Å². The molecule has 0 amide bonds. The molecule has 2 aliphatic rings. The summed E-state index contributed by atoms with van der Waals surface area (Å²) >= 11 is 0. The van der Waals surface area contributed by atoms with Crippen LogP contribution in [0, 0.1) is 0 Å². The summed E-state index contributed by atoms with van der Waals surface area (Å²) in [5, 5.41) is 0. The fourth-order valence-corrected chi connectivity index (χ4v) is 4.23. The van der Waals surface area contributed by atoms with Crippen LogP contribution in [0.5, 0.6) is 0 Å². The summed E-state index contributed by atoms with van der Waals surface area (Å²) in [5.74, 6) is 0. The number of benzene rings is 1. The molecule has 0 N–H and O–H groups in total. The minimum absolute atomic E-state index is 0.279. The molecule has 3 rings (SSSR count). The molecule has 1 nitrogen and oxygen atoms in total. The number of hydrogen-bond donors (Lipinski definition) is 0. The van der Waals surface area contributed by atoms with Crippen LogP contribution < -0.4 is 0 Å². The van der Waals surface area contributed by atoms with Crippen molar-refractivity contribution in [3.8, 4) is 0 Å². The van der Waals surface area contributed by atoms with Gasteiger partial charge in [0, 0.05) is 11.6 Å². The highest BCUT2D eigenvalue weighted by atomic mass is 15.2. The lowest BCUT2D eigenvalue weighted by Gasteiger charge is -2.50. The molecule has 1 heteroatoms. The average Bonchev–Trinajstić information content (AvgIpc) is 2.49. The first-order valence-corrected chi connectivity index (χ1v) is 8.13. The summed E-state index contributed by atoms with van der Waals surface area (Å²) in [4.78, 5) is 2.85. The summed E-state index contributed by atoms with van der Waals surface area (Å²) in [6.07, 6.45) is 11.3. The van der Waals surface area contributed by atoms with Gasteiger partial charge in [0.1, 0.15) is 0 Å². The third-order valence-electron chi connectivity index (χ3n) is 5.36. The van der Waals surface area contributed by atoms with Gasteiger partial charge in [-0.05, 0) is 44.7 Å². The van der Waals surface area contributed by atoms with Crippen molar-refractivity contribution in [3.05, 3.63) is 35.9 Å². The van der Waals surface area contributed by atoms with Crippen LogP contribution in [0.2, 0.25) is 0 Å². The smallest absolute Gasteiger partial charge is 0.0435 e. The van der Waals surface area contributed by atoms with Gasteiger partial charge in [0.15, 0.2) is 0 Å². The lowest BCUT2D eigenvalue weighted by Crippen LogP contribution is -2.52. The van der Waals surface area contributed by atoms with E-state index >= 15 is 0 Å². The maximum absolute atomic E-state index is 2.85. The molecule has 1 aromatic carbocycles. The van der Waals surface area contributed by atoms with Gasteiger partial charge in [-0.3, -0.25) is 4.90 Å². The Balaban J connectivity index is 1.87. The zero-order valence-electron chi connectivity index (χ0n) is 12.3. The van der Waals surface area contributed by atoms with E-state index in [0.717, 1.165) is 6.04 Å². The van der Waals surface area contributed by atoms with Gasteiger partial charge in [0.05, 0.1) is 0 Å². The standard InChI is InChI=1S/C18H27N/c1-18(16-10-4-2-5-11-16)14-8-9-15-19(18)17-12-6-3-7-13-17/h2,4-5,10-11,17H,3,6-9,12-15H2,1H3. The molecule has 19 heavy (non-hydrogen) atoms. The second-order valence-corrected chi connectivity index (χ2v) is 6.58. The zero-order valence-corrected chi connectivity index (χ0v) is 12.3. The molecule has 0 aromatic heterocycles. The largest absolute Gasteiger partial charge is 0.291 e. The minimum atomic E-state index is 0.279. The van der Waals surface area contributed by atoms with Crippen LogP contribution in [0.4, 0.5) is 0 Å². The van der Waals surface area contributed by atoms with Crippen LogP contribution in [0.25, 0.3) is 0 Å². The number of piperidine rings is 1. The van der Waals surface area contributed by atoms with Crippen LogP contribution >= 0.6 is 0 Å². The first kappa shape index (κ1) is 13.2. The van der Waals surface area contributed by atoms with E-state index in [0.29, 0.717) is 0 Å². The predicted octanol–water partition coefficient (Wildman–Crippen LogP) is 4.72. The molecule has 0 spiro atoms. The Morgan fingerprint density at radius 1 is 0.947 bits per heavy atom. The molecule has 1 aliphatic heterocycles. The van der Waals surface area contributed by atoms with Crippen molar-refractivity contribution in [2.45, 2.75) is 69.9 Å². The first-order valence-electron chi connectivity index (χ1n) is 8.13. The third kappa shape index (κ3) is 2.58. The number of rotatable bonds is 2. The lowest BCUT2D eigenvalue weighted by atomic mass is 9.79. The zero-order chi connectivity index (χ0) is 13.1. The lowest BCUT2D eigenvalue weighted by molar-refractivity contribution is 0.00255. The summed E-state index contributed by atoms with van der Waals surface area (Å²) in [6, 6.07) is 12.0. The quantitative estimate of drug-likeness (QED) is 0.741. The van der Waals surface area contributed by atoms with Crippen molar-refractivity contribution >= 4 is 0 Å². The molecular weight excluding hydrogens is 230 g/mol. The Morgan fingerprint density at radius 3 is 2.42 bits per heavy atom. The molecule has 0 radical (unpaired) electrons. The van der Waals surface area contributed by atoms with Gasteiger partial charge in [0.2, 0.25) is 0 Å². The fourth-order valence-electron chi connectivity index (χ4n) is 4.23. The van der Waals surface area contributed by atoms with E-state index in [2.05, 4.69) is 42.2 Å². The maximum Gasteiger partial charge on any atom is 0.0435 e. The molecule has 1 atom stereocenters. The molecule has 1 aromatic rings. The van der Waals surface area contributed by atoms with E-state index in [1.807, 2.05) is 0 Å². The number of hydrogen-bond acceptors (Lipinski definition) is 1. The van der Waals surface area contributed by atoms with Crippen molar-refractivity contribution in [1.29, 1.82) is 0 Å². The monoisotopic (exact) mass is 257 g/mol. The van der Waals surface area contributed by atoms with Crippen LogP contribution in [0.1, 0.15) is 63.9 Å². The van der Waals surface area contributed by atoms with Gasteiger partial charge in [0.25, 0.3) is 0 Å². The SMILES string of the molecule is CC1(c2ccccc2)CCCCN1C1CCCCC1. The summed E-state index contributed by atoms with van der Waals surface area (Å²) < 4.78 is 0. The fraction of sp³-hybridized carbons (Fsp3) is 0.667. The second kappa shape index (κ2) is 5.66. The topological polar surface area (TPSA) is 3.24 Å². The molecule has 1 aliphatic carbocycles. The van der Waals surface area contributed by atoms with E-state index in [9.17, 15) is 0 Å². The van der Waals surface area contributed by atoms with E-state index in [1.165, 1.54) is 63.5 Å². The van der Waals surface area contributed by atoms with Crippen molar-refractivity contribution in [2.75, 3.05) is 6.54 Å². The van der Waals surface area contributed by atoms with Crippen LogP contribution in [0.15, 0.2) is 30.3 Å². The van der Waals surface area contributed by atoms with Gasteiger partial charge < -0.3 is 0 Å². The highest BCUT2D eigenvalue weighted by molar-refractivity contribution is 5.24. The van der Waals surface area contributed by atoms with Gasteiger partial charge in [-0.2, -0.15) is 0 Å². The van der Waals surface area contributed by atoms with Gasteiger partial charge in [-0.1, -0.05) is 56.0 Å². The maximum atomic E-state index is 2.85. The van der Waals surface area contributed by atoms with Crippen LogP contribution in [-0.4, -0.2) is 17.5 Å². The molecule has 1 heterocycles. The molecular formula is C18H27N. The summed E-state index contributed by atoms with van der Waals surface area (Å²) in [6.45, 7) is 3.78. The molecule has 2 fully saturated rings. The minimum Gasteiger partial charge on any atom is -0.291 e. The second-order valence-electron chi connectivity index (χ2n) is 6.58. The molecule has 0 bridgehead atoms. The highest BCUT2D eigenvalue weighted by Crippen LogP contribution is 2.41. The van der Waals surface area contributed by atoms with Crippen molar-refractivity contribution in [3.63, 3.8) is 0 Å². The van der Waals surface area contributed by atoms with E-state index in [4.69, 9.17) is 0 Å². The number of nitrogens with zero attached hydrogens (tertiary/aromatic N) is 1. The normalized spacial score (nSPS) is 30.4. The Morgan fingerprint density at radius 2 is 1.68 bits per heavy atom. The van der Waals surface area contributed by atoms with Crippen LogP contribution in [-0.2, 0) is 5.54 Å². The Bertz CT molecular complexity index is 393. The van der Waals surface area contributed by atoms with E-state index in [-0.39, 0.29) is 5.54 Å². The Labute approximate surface area is 118 Å². The Hall–Kier alpha value is -0.820. The van der Waals surface area contributed by atoms with E-state index < -0.39 is 0 Å². The molecule has 1 saturated carbocycles. The predicted molar refractivity (Wildman–Crippen MR) is 81.2 cm³/mol. The third-order valence-corrected chi connectivity index (χ3v) is 5.36. The van der Waals surface area contributed by atoms with Crippen molar-refractivity contribution in [1.82, 2.24) is 4.90 Å². The molecule has 104 valence electrons. The molecule has 1 unspecified atom stereocenters. The van der Waals surface area contributed by atoms with Crippen LogP contribution in [0.3, 0.4) is 0 Å². The number of likely N-dealkylation sites (tertiary alicyclic amines) is 1. The summed E-state index contributed by atoms with van der Waals surface area (Å²) in [7, 11) is 0. The summed E-state index contributed by atoms with van der Waals surface area (Å²) in [5.41, 5.74) is 1.81. The van der Waals surface area contributed by atoms with Gasteiger partial charge >= 0.3 is 0 Å². The average molecular weight is 257 g/mol. The van der Waals surface area contributed by atoms with Crippen molar-refractivity contribution in [2.24, 2.45) is 0 Å². The molecule has 1 saturated heterocycles. The van der Waals surface area contributed by atoms with Crippen molar-refractivity contribution < 1.29 is 0 Å². The van der Waals surface area contributed by atoms with Gasteiger partial charge in [-0.15, -0.1) is 0 Å². The van der Waals surface area contributed by atoms with E-state index in [1.54, 1.807) is 0 Å². The Kier molecular flexibility index (Phi) is 3.93.